The molecule has 19 heavy (non-hydrogen) atoms. The number of esters is 1. The monoisotopic (exact) mass is 263 g/mol. The van der Waals surface area contributed by atoms with Crippen molar-refractivity contribution < 1.29 is 9.53 Å². The van der Waals surface area contributed by atoms with Gasteiger partial charge in [-0.15, -0.1) is 0 Å². The van der Waals surface area contributed by atoms with Crippen molar-refractivity contribution in [3.63, 3.8) is 0 Å². The van der Waals surface area contributed by atoms with E-state index in [1.807, 2.05) is 25.1 Å². The van der Waals surface area contributed by atoms with Crippen LogP contribution in [0.25, 0.3) is 0 Å². The van der Waals surface area contributed by atoms with E-state index in [-0.39, 0.29) is 12.1 Å². The maximum atomic E-state index is 11.6. The van der Waals surface area contributed by atoms with Crippen LogP contribution in [0, 0.1) is 5.92 Å². The molecule has 0 amide bonds. The molecule has 0 radical (unpaired) electrons. The Morgan fingerprint density at radius 1 is 1.26 bits per heavy atom. The zero-order chi connectivity index (χ0) is 14.3. The van der Waals surface area contributed by atoms with Crippen LogP contribution in [0.2, 0.25) is 0 Å². The van der Waals surface area contributed by atoms with E-state index in [9.17, 15) is 4.79 Å². The van der Waals surface area contributed by atoms with E-state index >= 15 is 0 Å². The lowest BCUT2D eigenvalue weighted by atomic mass is 9.90. The van der Waals surface area contributed by atoms with Gasteiger partial charge in [-0.3, -0.25) is 4.79 Å². The Hall–Kier alpha value is -1.35. The number of ether oxygens (including phenoxy) is 1. The summed E-state index contributed by atoms with van der Waals surface area (Å²) in [6.07, 6.45) is 2.96. The van der Waals surface area contributed by atoms with Crippen LogP contribution < -0.4 is 5.73 Å². The maximum Gasteiger partial charge on any atom is 0.322 e. The van der Waals surface area contributed by atoms with Crippen molar-refractivity contribution in [2.75, 3.05) is 0 Å². The molecule has 0 aliphatic rings. The molecule has 1 aromatic carbocycles. The van der Waals surface area contributed by atoms with Gasteiger partial charge in [0.2, 0.25) is 0 Å². The highest BCUT2D eigenvalue weighted by Crippen LogP contribution is 2.20. The summed E-state index contributed by atoms with van der Waals surface area (Å²) in [5.74, 6) is 0.0248. The highest BCUT2D eigenvalue weighted by Gasteiger charge is 2.22. The van der Waals surface area contributed by atoms with E-state index in [1.165, 1.54) is 5.56 Å². The number of carbonyl (C=O) groups is 1. The number of nitrogens with two attached hydrogens (primary N) is 1. The first-order chi connectivity index (χ1) is 9.04. The van der Waals surface area contributed by atoms with E-state index in [0.717, 1.165) is 19.3 Å². The largest absolute Gasteiger partial charge is 0.461 e. The van der Waals surface area contributed by atoms with Crippen LogP contribution >= 0.6 is 0 Å². The topological polar surface area (TPSA) is 52.3 Å². The second-order valence-corrected chi connectivity index (χ2v) is 5.17. The molecule has 0 bridgehead atoms. The van der Waals surface area contributed by atoms with Gasteiger partial charge in [0.15, 0.2) is 0 Å². The molecule has 0 fully saturated rings. The van der Waals surface area contributed by atoms with Crippen molar-refractivity contribution in [3.05, 3.63) is 35.9 Å². The van der Waals surface area contributed by atoms with Gasteiger partial charge in [-0.25, -0.2) is 0 Å². The maximum absolute atomic E-state index is 11.6. The van der Waals surface area contributed by atoms with Crippen molar-refractivity contribution in [2.45, 2.75) is 52.2 Å². The molecule has 106 valence electrons. The van der Waals surface area contributed by atoms with Crippen molar-refractivity contribution in [2.24, 2.45) is 11.7 Å². The first-order valence-corrected chi connectivity index (χ1v) is 7.04. The summed E-state index contributed by atoms with van der Waals surface area (Å²) in [5.41, 5.74) is 6.82. The summed E-state index contributed by atoms with van der Waals surface area (Å²) >= 11 is 0. The zero-order valence-electron chi connectivity index (χ0n) is 12.1. The van der Waals surface area contributed by atoms with Crippen LogP contribution in [0.3, 0.4) is 0 Å². The van der Waals surface area contributed by atoms with Gasteiger partial charge in [0, 0.05) is 0 Å². The molecule has 0 saturated heterocycles. The lowest BCUT2D eigenvalue weighted by Gasteiger charge is -2.24. The predicted octanol–water partition coefficient (Wildman–Crippen LogP) is 2.92. The zero-order valence-corrected chi connectivity index (χ0v) is 12.1. The van der Waals surface area contributed by atoms with Crippen molar-refractivity contribution in [1.82, 2.24) is 0 Å². The van der Waals surface area contributed by atoms with E-state index in [4.69, 9.17) is 10.5 Å². The average Bonchev–Trinajstić information content (AvgIpc) is 2.39. The number of carbonyl (C=O) groups excluding carboxylic acids is 1. The van der Waals surface area contributed by atoms with Gasteiger partial charge in [-0.2, -0.15) is 0 Å². The summed E-state index contributed by atoms with van der Waals surface area (Å²) < 4.78 is 5.43. The van der Waals surface area contributed by atoms with Crippen LogP contribution in [0.4, 0.5) is 0 Å². The normalized spacial score (nSPS) is 15.6. The van der Waals surface area contributed by atoms with Gasteiger partial charge < -0.3 is 10.5 Å². The lowest BCUT2D eigenvalue weighted by molar-refractivity contribution is -0.152. The number of hydrogen-bond acceptors (Lipinski definition) is 3. The predicted molar refractivity (Wildman–Crippen MR) is 77.7 cm³/mol. The molecular weight excluding hydrogens is 238 g/mol. The van der Waals surface area contributed by atoms with Gasteiger partial charge in [0.25, 0.3) is 0 Å². The van der Waals surface area contributed by atoms with Crippen LogP contribution in [-0.2, 0) is 16.0 Å². The number of hydrogen-bond donors (Lipinski definition) is 1. The van der Waals surface area contributed by atoms with Crippen LogP contribution in [-0.4, -0.2) is 18.1 Å². The fourth-order valence-electron chi connectivity index (χ4n) is 2.18. The Labute approximate surface area is 116 Å². The molecule has 3 heteroatoms. The van der Waals surface area contributed by atoms with Crippen LogP contribution in [0.1, 0.15) is 39.2 Å². The minimum Gasteiger partial charge on any atom is -0.461 e. The molecule has 0 heterocycles. The molecule has 0 aromatic heterocycles. The molecule has 1 rings (SSSR count). The Bertz CT molecular complexity index is 376. The van der Waals surface area contributed by atoms with Crippen LogP contribution in [0.15, 0.2) is 30.3 Å². The Morgan fingerprint density at radius 3 is 2.42 bits per heavy atom. The SMILES string of the molecule is CCC[C@@H](Cc1ccccc1)[C@H](C)OC(=O)[C@H](C)N. The van der Waals surface area contributed by atoms with E-state index in [0.29, 0.717) is 5.92 Å². The fraction of sp³-hybridized carbons (Fsp3) is 0.562. The van der Waals surface area contributed by atoms with E-state index in [2.05, 4.69) is 19.1 Å². The molecule has 0 spiro atoms. The van der Waals surface area contributed by atoms with Gasteiger partial charge in [0.05, 0.1) is 0 Å². The summed E-state index contributed by atoms with van der Waals surface area (Å²) in [4.78, 5) is 11.6. The van der Waals surface area contributed by atoms with Gasteiger partial charge >= 0.3 is 5.97 Å². The third kappa shape index (κ3) is 5.43. The molecule has 3 nitrogen and oxygen atoms in total. The molecule has 0 saturated carbocycles. The Morgan fingerprint density at radius 2 is 1.89 bits per heavy atom. The number of rotatable bonds is 7. The molecular formula is C16H25NO2. The molecule has 1 aromatic rings. The first kappa shape index (κ1) is 15.7. The summed E-state index contributed by atoms with van der Waals surface area (Å²) in [7, 11) is 0. The highest BCUT2D eigenvalue weighted by molar-refractivity contribution is 5.75. The lowest BCUT2D eigenvalue weighted by Crippen LogP contribution is -2.34. The quantitative estimate of drug-likeness (QED) is 0.770. The fourth-order valence-corrected chi connectivity index (χ4v) is 2.18. The first-order valence-electron chi connectivity index (χ1n) is 7.04. The second-order valence-electron chi connectivity index (χ2n) is 5.17. The standard InChI is InChI=1S/C16H25NO2/c1-4-8-15(11-14-9-6-5-7-10-14)13(3)19-16(18)12(2)17/h5-7,9-10,12-13,15H,4,8,11,17H2,1-3H3/t12-,13-,15-/m0/s1. The third-order valence-corrected chi connectivity index (χ3v) is 3.34. The second kappa shape index (κ2) is 7.95. The summed E-state index contributed by atoms with van der Waals surface area (Å²) in [5, 5.41) is 0. The minimum absolute atomic E-state index is 0.0985. The molecule has 0 aliphatic carbocycles. The Balaban J connectivity index is 2.63. The number of benzene rings is 1. The third-order valence-electron chi connectivity index (χ3n) is 3.34. The molecule has 0 aliphatic heterocycles. The summed E-state index contributed by atoms with van der Waals surface area (Å²) in [6.45, 7) is 5.77. The van der Waals surface area contributed by atoms with Crippen molar-refractivity contribution in [3.8, 4) is 0 Å². The van der Waals surface area contributed by atoms with Crippen LogP contribution in [0.5, 0.6) is 0 Å². The minimum atomic E-state index is -0.554. The smallest absolute Gasteiger partial charge is 0.322 e. The van der Waals surface area contributed by atoms with Crippen molar-refractivity contribution >= 4 is 5.97 Å². The van der Waals surface area contributed by atoms with E-state index in [1.54, 1.807) is 6.92 Å². The molecule has 3 atom stereocenters. The van der Waals surface area contributed by atoms with Gasteiger partial charge in [-0.05, 0) is 38.2 Å². The average molecular weight is 263 g/mol. The highest BCUT2D eigenvalue weighted by atomic mass is 16.5. The molecule has 2 N–H and O–H groups in total. The van der Waals surface area contributed by atoms with E-state index < -0.39 is 6.04 Å². The van der Waals surface area contributed by atoms with Gasteiger partial charge in [-0.1, -0.05) is 43.7 Å². The Kier molecular flexibility index (Phi) is 6.57. The molecule has 0 unspecified atom stereocenters. The summed E-state index contributed by atoms with van der Waals surface area (Å²) in [6, 6.07) is 9.76. The van der Waals surface area contributed by atoms with Gasteiger partial charge in [0.1, 0.15) is 12.1 Å². The van der Waals surface area contributed by atoms with Crippen molar-refractivity contribution in [1.29, 1.82) is 0 Å².